The number of nitrogens with zero attached hydrogens (tertiary/aromatic N) is 3. The summed E-state index contributed by atoms with van der Waals surface area (Å²) in [6, 6.07) is 5.28. The van der Waals surface area contributed by atoms with Crippen molar-refractivity contribution in [1.29, 1.82) is 0 Å². The molecule has 3 rings (SSSR count). The van der Waals surface area contributed by atoms with Crippen molar-refractivity contribution in [1.82, 2.24) is 10.2 Å². The Morgan fingerprint density at radius 2 is 2.00 bits per heavy atom. The van der Waals surface area contributed by atoms with Crippen LogP contribution >= 0.6 is 0 Å². The Morgan fingerprint density at radius 1 is 1.23 bits per heavy atom. The summed E-state index contributed by atoms with van der Waals surface area (Å²) in [4.78, 5) is 28.0. The fourth-order valence-electron chi connectivity index (χ4n) is 3.03. The highest BCUT2D eigenvalue weighted by molar-refractivity contribution is 6.01. The van der Waals surface area contributed by atoms with Crippen molar-refractivity contribution >= 4 is 23.6 Å². The van der Waals surface area contributed by atoms with E-state index < -0.39 is 12.2 Å². The SMILES string of the molecule is COC(=O)N1c2ccc(-c3cn[nH]c3)cc2N(C(=O)OC(C)C)CC1C. The molecule has 1 N–H and O–H groups in total. The maximum Gasteiger partial charge on any atom is 0.414 e. The zero-order chi connectivity index (χ0) is 18.8. The number of carbonyl (C=O) groups is 2. The summed E-state index contributed by atoms with van der Waals surface area (Å²) in [6.07, 6.45) is 2.31. The van der Waals surface area contributed by atoms with E-state index in [9.17, 15) is 9.59 Å². The molecule has 2 aromatic rings. The quantitative estimate of drug-likeness (QED) is 0.889. The van der Waals surface area contributed by atoms with Gasteiger partial charge in [-0.1, -0.05) is 6.07 Å². The van der Waals surface area contributed by atoms with E-state index in [1.165, 1.54) is 7.11 Å². The zero-order valence-electron chi connectivity index (χ0n) is 15.2. The second-order valence-electron chi connectivity index (χ2n) is 6.42. The van der Waals surface area contributed by atoms with Crippen molar-refractivity contribution in [3.8, 4) is 11.1 Å². The van der Waals surface area contributed by atoms with E-state index in [1.54, 1.807) is 42.1 Å². The Bertz CT molecular complexity index is 804. The number of H-pyrrole nitrogens is 1. The molecule has 2 heterocycles. The molecule has 8 nitrogen and oxygen atoms in total. The Morgan fingerprint density at radius 3 is 2.62 bits per heavy atom. The second kappa shape index (κ2) is 7.07. The van der Waals surface area contributed by atoms with Gasteiger partial charge in [-0.05, 0) is 38.5 Å². The summed E-state index contributed by atoms with van der Waals surface area (Å²) in [6.45, 7) is 5.77. The number of amides is 2. The molecule has 0 aliphatic carbocycles. The lowest BCUT2D eigenvalue weighted by Crippen LogP contribution is -2.52. The Balaban J connectivity index is 2.09. The molecule has 1 aromatic heterocycles. The fourth-order valence-corrected chi connectivity index (χ4v) is 3.03. The van der Waals surface area contributed by atoms with E-state index in [0.717, 1.165) is 11.1 Å². The first-order valence-corrected chi connectivity index (χ1v) is 8.41. The van der Waals surface area contributed by atoms with Gasteiger partial charge in [0.15, 0.2) is 0 Å². The van der Waals surface area contributed by atoms with Gasteiger partial charge in [0.2, 0.25) is 0 Å². The molecule has 8 heteroatoms. The minimum atomic E-state index is -0.466. The number of methoxy groups -OCH3 is 1. The van der Waals surface area contributed by atoms with Crippen LogP contribution in [0, 0.1) is 0 Å². The molecule has 0 spiro atoms. The molecule has 138 valence electrons. The molecule has 0 radical (unpaired) electrons. The van der Waals surface area contributed by atoms with Crippen LogP contribution in [0.1, 0.15) is 20.8 Å². The van der Waals surface area contributed by atoms with E-state index in [4.69, 9.17) is 9.47 Å². The highest BCUT2D eigenvalue weighted by Gasteiger charge is 2.36. The van der Waals surface area contributed by atoms with Crippen molar-refractivity contribution in [2.75, 3.05) is 23.5 Å². The van der Waals surface area contributed by atoms with E-state index in [1.807, 2.05) is 19.1 Å². The summed E-state index contributed by atoms with van der Waals surface area (Å²) in [5.74, 6) is 0. The van der Waals surface area contributed by atoms with Crippen LogP contribution in [-0.4, -0.2) is 48.2 Å². The summed E-state index contributed by atoms with van der Waals surface area (Å²) < 4.78 is 10.3. The average molecular weight is 358 g/mol. The maximum atomic E-state index is 12.6. The fraction of sp³-hybridized carbons (Fsp3) is 0.389. The number of ether oxygens (including phenoxy) is 2. The number of nitrogens with one attached hydrogen (secondary N) is 1. The number of carbonyl (C=O) groups excluding carboxylic acids is 2. The third-order valence-corrected chi connectivity index (χ3v) is 4.17. The van der Waals surface area contributed by atoms with Crippen LogP contribution in [0.15, 0.2) is 30.6 Å². The predicted molar refractivity (Wildman–Crippen MR) is 97.3 cm³/mol. The van der Waals surface area contributed by atoms with Crippen LogP contribution in [0.25, 0.3) is 11.1 Å². The lowest BCUT2D eigenvalue weighted by Gasteiger charge is -2.40. The number of hydrogen-bond donors (Lipinski definition) is 1. The number of fused-ring (bicyclic) bond motifs is 1. The zero-order valence-corrected chi connectivity index (χ0v) is 15.2. The Kier molecular flexibility index (Phi) is 4.83. The molecule has 0 saturated heterocycles. The lowest BCUT2D eigenvalue weighted by atomic mass is 10.0. The number of rotatable bonds is 2. The van der Waals surface area contributed by atoms with E-state index in [2.05, 4.69) is 10.2 Å². The standard InChI is InChI=1S/C18H22N4O4/c1-11(2)26-17(23)21-10-12(3)22(18(24)25-4)15-6-5-13(7-16(15)21)14-8-19-20-9-14/h5-9,11-12H,10H2,1-4H3,(H,19,20). The van der Waals surface area contributed by atoms with Crippen molar-refractivity contribution < 1.29 is 19.1 Å². The molecule has 1 unspecified atom stereocenters. The number of aromatic nitrogens is 2. The molecule has 0 saturated carbocycles. The first-order valence-electron chi connectivity index (χ1n) is 8.41. The third kappa shape index (κ3) is 3.22. The molecule has 26 heavy (non-hydrogen) atoms. The van der Waals surface area contributed by atoms with Crippen LogP contribution in [0.2, 0.25) is 0 Å². The minimum Gasteiger partial charge on any atom is -0.452 e. The Hall–Kier alpha value is -3.03. The van der Waals surface area contributed by atoms with Crippen molar-refractivity contribution in [3.63, 3.8) is 0 Å². The predicted octanol–water partition coefficient (Wildman–Crippen LogP) is 3.40. The molecular formula is C18H22N4O4. The van der Waals surface area contributed by atoms with Gasteiger partial charge in [0.05, 0.1) is 43.4 Å². The van der Waals surface area contributed by atoms with Crippen molar-refractivity contribution in [2.45, 2.75) is 32.9 Å². The first-order chi connectivity index (χ1) is 12.4. The van der Waals surface area contributed by atoms with Gasteiger partial charge < -0.3 is 9.47 Å². The summed E-state index contributed by atoms with van der Waals surface area (Å²) in [7, 11) is 1.34. The Labute approximate surface area is 151 Å². The highest BCUT2D eigenvalue weighted by Crippen LogP contribution is 2.39. The summed E-state index contributed by atoms with van der Waals surface area (Å²) in [5, 5.41) is 6.73. The second-order valence-corrected chi connectivity index (χ2v) is 6.42. The molecule has 1 aliphatic heterocycles. The lowest BCUT2D eigenvalue weighted by molar-refractivity contribution is 0.121. The molecule has 1 aliphatic rings. The monoisotopic (exact) mass is 358 g/mol. The van der Waals surface area contributed by atoms with Crippen LogP contribution < -0.4 is 9.80 Å². The number of benzene rings is 1. The largest absolute Gasteiger partial charge is 0.452 e. The number of anilines is 2. The van der Waals surface area contributed by atoms with Gasteiger partial charge in [0.25, 0.3) is 0 Å². The van der Waals surface area contributed by atoms with Gasteiger partial charge in [-0.3, -0.25) is 14.9 Å². The van der Waals surface area contributed by atoms with E-state index in [0.29, 0.717) is 17.9 Å². The maximum absolute atomic E-state index is 12.6. The van der Waals surface area contributed by atoms with Crippen LogP contribution in [0.3, 0.4) is 0 Å². The molecule has 0 fully saturated rings. The third-order valence-electron chi connectivity index (χ3n) is 4.17. The van der Waals surface area contributed by atoms with Gasteiger partial charge in [-0.15, -0.1) is 0 Å². The normalized spacial score (nSPS) is 16.4. The first kappa shape index (κ1) is 17.8. The summed E-state index contributed by atoms with van der Waals surface area (Å²) in [5.41, 5.74) is 2.95. The van der Waals surface area contributed by atoms with Crippen molar-refractivity contribution in [3.05, 3.63) is 30.6 Å². The highest BCUT2D eigenvalue weighted by atomic mass is 16.6. The average Bonchev–Trinajstić information content (AvgIpc) is 3.14. The molecule has 1 atom stereocenters. The van der Waals surface area contributed by atoms with Crippen molar-refractivity contribution in [2.24, 2.45) is 0 Å². The molecule has 0 bridgehead atoms. The van der Waals surface area contributed by atoms with Gasteiger partial charge >= 0.3 is 12.2 Å². The van der Waals surface area contributed by atoms with Gasteiger partial charge in [-0.25, -0.2) is 9.59 Å². The molecule has 2 amide bonds. The van der Waals surface area contributed by atoms with Crippen LogP contribution in [-0.2, 0) is 9.47 Å². The van der Waals surface area contributed by atoms with Gasteiger partial charge in [0.1, 0.15) is 0 Å². The number of hydrogen-bond acceptors (Lipinski definition) is 5. The molecular weight excluding hydrogens is 336 g/mol. The molecule has 1 aromatic carbocycles. The van der Waals surface area contributed by atoms with E-state index in [-0.39, 0.29) is 12.1 Å². The smallest absolute Gasteiger partial charge is 0.414 e. The van der Waals surface area contributed by atoms with Gasteiger partial charge in [0, 0.05) is 11.8 Å². The minimum absolute atomic E-state index is 0.239. The van der Waals surface area contributed by atoms with Crippen LogP contribution in [0.4, 0.5) is 21.0 Å². The van der Waals surface area contributed by atoms with Crippen LogP contribution in [0.5, 0.6) is 0 Å². The van der Waals surface area contributed by atoms with E-state index >= 15 is 0 Å². The summed E-state index contributed by atoms with van der Waals surface area (Å²) >= 11 is 0. The topological polar surface area (TPSA) is 87.8 Å². The van der Waals surface area contributed by atoms with Gasteiger partial charge in [-0.2, -0.15) is 5.10 Å². The number of aromatic amines is 1.